The molecule has 0 saturated carbocycles. The number of hydrogen-bond acceptors (Lipinski definition) is 6. The van der Waals surface area contributed by atoms with E-state index in [1.165, 1.54) is 36.9 Å². The number of fused-ring (bicyclic) bond motifs is 9. The van der Waals surface area contributed by atoms with Crippen LogP contribution in [0, 0.1) is 0 Å². The van der Waals surface area contributed by atoms with Gasteiger partial charge in [-0.3, -0.25) is 0 Å². The van der Waals surface area contributed by atoms with Gasteiger partial charge in [0.25, 0.3) is 0 Å². The van der Waals surface area contributed by atoms with Crippen LogP contribution in [0.5, 0.6) is 0 Å². The third-order valence-electron chi connectivity index (χ3n) is 11.0. The molecule has 4 aromatic heterocycles. The molecule has 0 fully saturated rings. The van der Waals surface area contributed by atoms with Gasteiger partial charge >= 0.3 is 0 Å². The average molecular weight is 748 g/mol. The van der Waals surface area contributed by atoms with Gasteiger partial charge in [0, 0.05) is 64.0 Å². The molecule has 266 valence electrons. The van der Waals surface area contributed by atoms with Gasteiger partial charge in [-0.2, -0.15) is 0 Å². The summed E-state index contributed by atoms with van der Waals surface area (Å²) in [5.74, 6) is 1.73. The Hall–Kier alpha value is -7.41. The number of aromatic nitrogens is 3. The van der Waals surface area contributed by atoms with Crippen LogP contribution in [-0.2, 0) is 0 Å². The van der Waals surface area contributed by atoms with Crippen LogP contribution >= 0.6 is 11.3 Å². The second-order valence-electron chi connectivity index (χ2n) is 14.3. The highest BCUT2D eigenvalue weighted by atomic mass is 32.1. The zero-order chi connectivity index (χ0) is 37.5. The molecule has 57 heavy (non-hydrogen) atoms. The van der Waals surface area contributed by atoms with Crippen LogP contribution < -0.4 is 0 Å². The molecule has 4 heterocycles. The SMILES string of the molecule is c1ccc(-c2nc(-c3ccc4c(c3)oc3ccccc34)nc(-c3ccc4c(c3)oc3ccc(-c5ccccc5-c5cccc6c5sc5ccccc56)cc34)n2)cc1. The van der Waals surface area contributed by atoms with Crippen LogP contribution in [0.2, 0.25) is 0 Å². The molecule has 0 aliphatic heterocycles. The summed E-state index contributed by atoms with van der Waals surface area (Å²) in [7, 11) is 0. The van der Waals surface area contributed by atoms with E-state index in [0.29, 0.717) is 17.5 Å². The topological polar surface area (TPSA) is 65.0 Å². The van der Waals surface area contributed by atoms with Crippen molar-refractivity contribution in [2.45, 2.75) is 0 Å². The predicted molar refractivity (Wildman–Crippen MR) is 234 cm³/mol. The van der Waals surface area contributed by atoms with Crippen molar-refractivity contribution in [3.8, 4) is 56.4 Å². The zero-order valence-corrected chi connectivity index (χ0v) is 31.1. The Balaban J connectivity index is 0.967. The number of furan rings is 2. The van der Waals surface area contributed by atoms with E-state index in [2.05, 4.69) is 115 Å². The van der Waals surface area contributed by atoms with Gasteiger partial charge in [0.05, 0.1) is 0 Å². The lowest BCUT2D eigenvalue weighted by Gasteiger charge is -2.11. The number of para-hydroxylation sites is 1. The van der Waals surface area contributed by atoms with E-state index >= 15 is 0 Å². The van der Waals surface area contributed by atoms with E-state index < -0.39 is 0 Å². The minimum atomic E-state index is 0.566. The van der Waals surface area contributed by atoms with E-state index in [4.69, 9.17) is 23.8 Å². The molecule has 0 atom stereocenters. The molecule has 6 heteroatoms. The molecule has 0 unspecified atom stereocenters. The maximum absolute atomic E-state index is 6.54. The Bertz CT molecular complexity index is 3540. The van der Waals surface area contributed by atoms with Crippen molar-refractivity contribution in [3.63, 3.8) is 0 Å². The van der Waals surface area contributed by atoms with Crippen molar-refractivity contribution in [2.24, 2.45) is 0 Å². The fourth-order valence-corrected chi connectivity index (χ4v) is 9.46. The maximum atomic E-state index is 6.54. The Kier molecular flexibility index (Phi) is 7.03. The number of hydrogen-bond donors (Lipinski definition) is 0. The summed E-state index contributed by atoms with van der Waals surface area (Å²) in [6, 6.07) is 61.1. The molecule has 5 nitrogen and oxygen atoms in total. The maximum Gasteiger partial charge on any atom is 0.164 e. The Labute approximate surface area is 330 Å². The molecule has 0 spiro atoms. The van der Waals surface area contributed by atoms with Crippen LogP contribution in [0.4, 0.5) is 0 Å². The lowest BCUT2D eigenvalue weighted by Crippen LogP contribution is -2.00. The molecule has 12 rings (SSSR count). The molecule has 0 aliphatic rings. The van der Waals surface area contributed by atoms with Crippen LogP contribution in [0.1, 0.15) is 0 Å². The highest BCUT2D eigenvalue weighted by Crippen LogP contribution is 2.44. The van der Waals surface area contributed by atoms with Crippen LogP contribution in [-0.4, -0.2) is 15.0 Å². The quantitative estimate of drug-likeness (QED) is 0.175. The Morgan fingerprint density at radius 1 is 0.316 bits per heavy atom. The molecule has 0 aliphatic carbocycles. The standard InChI is InChI=1S/C51H29N3O2S/c1-2-11-30(12-3-1)49-52-50(32-21-24-37-36-15-6-8-19-43(36)55-45(37)28-32)54-51(53-49)33-22-25-38-42-27-31(23-26-44(42)56-46(38)29-33)34-13-4-5-14-35(34)40-17-10-18-41-39-16-7-9-20-47(39)57-48(40)41/h1-29H. The smallest absolute Gasteiger partial charge is 0.164 e. The van der Waals surface area contributed by atoms with Crippen LogP contribution in [0.3, 0.4) is 0 Å². The first-order chi connectivity index (χ1) is 28.2. The van der Waals surface area contributed by atoms with Gasteiger partial charge in [-0.15, -0.1) is 11.3 Å². The number of nitrogens with zero attached hydrogens (tertiary/aromatic N) is 3. The minimum absolute atomic E-state index is 0.566. The lowest BCUT2D eigenvalue weighted by atomic mass is 9.93. The van der Waals surface area contributed by atoms with Gasteiger partial charge in [0.2, 0.25) is 0 Å². The van der Waals surface area contributed by atoms with E-state index in [9.17, 15) is 0 Å². The summed E-state index contributed by atoms with van der Waals surface area (Å²) in [6.07, 6.45) is 0. The molecular weight excluding hydrogens is 719 g/mol. The zero-order valence-electron chi connectivity index (χ0n) is 30.3. The highest BCUT2D eigenvalue weighted by Gasteiger charge is 2.18. The third kappa shape index (κ3) is 5.19. The van der Waals surface area contributed by atoms with E-state index in [1.807, 2.05) is 72.0 Å². The van der Waals surface area contributed by atoms with Crippen molar-refractivity contribution in [3.05, 3.63) is 176 Å². The normalized spacial score (nSPS) is 11.9. The fraction of sp³-hybridized carbons (Fsp3) is 0. The molecule has 0 N–H and O–H groups in total. The van der Waals surface area contributed by atoms with Gasteiger partial charge in [0.15, 0.2) is 17.5 Å². The summed E-state index contributed by atoms with van der Waals surface area (Å²) in [4.78, 5) is 15.0. The highest BCUT2D eigenvalue weighted by molar-refractivity contribution is 7.26. The summed E-state index contributed by atoms with van der Waals surface area (Å²) in [6.45, 7) is 0. The van der Waals surface area contributed by atoms with Gasteiger partial charge in [0.1, 0.15) is 22.3 Å². The molecule has 0 radical (unpaired) electrons. The summed E-state index contributed by atoms with van der Waals surface area (Å²) in [5.41, 5.74) is 10.6. The van der Waals surface area contributed by atoms with Crippen molar-refractivity contribution in [2.75, 3.05) is 0 Å². The lowest BCUT2D eigenvalue weighted by molar-refractivity contribution is 0.668. The predicted octanol–water partition coefficient (Wildman–Crippen LogP) is 14.4. The van der Waals surface area contributed by atoms with Gasteiger partial charge in [-0.05, 0) is 65.2 Å². The van der Waals surface area contributed by atoms with Crippen molar-refractivity contribution in [1.82, 2.24) is 15.0 Å². The summed E-state index contributed by atoms with van der Waals surface area (Å²) < 4.78 is 15.4. The van der Waals surface area contributed by atoms with Crippen molar-refractivity contribution >= 4 is 75.4 Å². The number of benzene rings is 8. The second kappa shape index (κ2) is 12.6. The van der Waals surface area contributed by atoms with Gasteiger partial charge in [-0.1, -0.05) is 127 Å². The monoisotopic (exact) mass is 747 g/mol. The van der Waals surface area contributed by atoms with Crippen molar-refractivity contribution in [1.29, 1.82) is 0 Å². The summed E-state index contributed by atoms with van der Waals surface area (Å²) >= 11 is 1.86. The second-order valence-corrected chi connectivity index (χ2v) is 15.4. The average Bonchev–Trinajstić information content (AvgIpc) is 3.97. The fourth-order valence-electron chi connectivity index (χ4n) is 8.23. The molecule has 12 aromatic rings. The van der Waals surface area contributed by atoms with Crippen molar-refractivity contribution < 1.29 is 8.83 Å². The van der Waals surface area contributed by atoms with Crippen LogP contribution in [0.15, 0.2) is 185 Å². The first kappa shape index (κ1) is 31.9. The van der Waals surface area contributed by atoms with E-state index in [-0.39, 0.29) is 0 Å². The van der Waals surface area contributed by atoms with E-state index in [1.54, 1.807) is 0 Å². The van der Waals surface area contributed by atoms with Gasteiger partial charge in [-0.25, -0.2) is 15.0 Å². The molecule has 0 bridgehead atoms. The molecule has 0 amide bonds. The van der Waals surface area contributed by atoms with Crippen LogP contribution in [0.25, 0.3) is 120 Å². The van der Waals surface area contributed by atoms with Gasteiger partial charge < -0.3 is 8.83 Å². The molecular formula is C51H29N3O2S. The first-order valence-corrected chi connectivity index (χ1v) is 19.7. The third-order valence-corrected chi connectivity index (χ3v) is 12.2. The Morgan fingerprint density at radius 3 is 1.63 bits per heavy atom. The molecule has 8 aromatic carbocycles. The first-order valence-electron chi connectivity index (χ1n) is 18.9. The van der Waals surface area contributed by atoms with E-state index in [0.717, 1.165) is 66.1 Å². The molecule has 0 saturated heterocycles. The minimum Gasteiger partial charge on any atom is -0.456 e. The Morgan fingerprint density at radius 2 is 0.860 bits per heavy atom. The summed E-state index contributed by atoms with van der Waals surface area (Å²) in [5, 5.41) is 6.83. The number of rotatable bonds is 5. The largest absolute Gasteiger partial charge is 0.456 e. The number of thiophene rings is 1.